The predicted molar refractivity (Wildman–Crippen MR) is 87.2 cm³/mol. The molecular weight excluding hydrogens is 316 g/mol. The van der Waals surface area contributed by atoms with Crippen LogP contribution >= 0.6 is 0 Å². The monoisotopic (exact) mass is 339 g/mol. The molecule has 1 aromatic rings. The van der Waals surface area contributed by atoms with Crippen LogP contribution in [0.4, 0.5) is 8.78 Å². The molecule has 1 N–H and O–H groups in total. The average molecular weight is 339 g/mol. The van der Waals surface area contributed by atoms with Crippen LogP contribution < -0.4 is 5.32 Å². The molecule has 0 saturated heterocycles. The number of hydrogen-bond acceptors (Lipinski definition) is 3. The minimum Gasteiger partial charge on any atom is -0.467 e. The first kappa shape index (κ1) is 19.8. The van der Waals surface area contributed by atoms with Gasteiger partial charge in [-0.1, -0.05) is 26.3 Å². The van der Waals surface area contributed by atoms with E-state index in [0.717, 1.165) is 31.0 Å². The van der Waals surface area contributed by atoms with Crippen molar-refractivity contribution in [2.75, 3.05) is 7.11 Å². The molecule has 1 aromatic carbocycles. The summed E-state index contributed by atoms with van der Waals surface area (Å²) >= 11 is 0. The molecular formula is C18H23F2NO3. The molecule has 1 amide bonds. The predicted octanol–water partition coefficient (Wildman–Crippen LogP) is 3.16. The molecule has 0 aliphatic carbocycles. The van der Waals surface area contributed by atoms with E-state index in [-0.39, 0.29) is 12.0 Å². The molecule has 0 spiro atoms. The van der Waals surface area contributed by atoms with Crippen molar-refractivity contribution >= 4 is 11.9 Å². The van der Waals surface area contributed by atoms with Crippen molar-refractivity contribution in [3.05, 3.63) is 47.5 Å². The summed E-state index contributed by atoms with van der Waals surface area (Å²) in [6.45, 7) is 4.13. The first-order chi connectivity index (χ1) is 11.3. The lowest BCUT2D eigenvalue weighted by Gasteiger charge is -2.16. The topological polar surface area (TPSA) is 55.4 Å². The number of rotatable bonds is 8. The van der Waals surface area contributed by atoms with Crippen LogP contribution in [0.25, 0.3) is 0 Å². The molecule has 4 nitrogen and oxygen atoms in total. The van der Waals surface area contributed by atoms with Crippen LogP contribution in [0.1, 0.15) is 32.3 Å². The van der Waals surface area contributed by atoms with Crippen LogP contribution in [0.2, 0.25) is 0 Å². The van der Waals surface area contributed by atoms with Crippen LogP contribution in [0.3, 0.4) is 0 Å². The number of nitrogens with one attached hydrogen (secondary N) is 1. The van der Waals surface area contributed by atoms with E-state index < -0.39 is 29.6 Å². The fourth-order valence-corrected chi connectivity index (χ4v) is 2.09. The molecule has 1 rings (SSSR count). The van der Waals surface area contributed by atoms with Gasteiger partial charge in [-0.3, -0.25) is 4.79 Å². The quantitative estimate of drug-likeness (QED) is 0.585. The van der Waals surface area contributed by atoms with Gasteiger partial charge < -0.3 is 10.1 Å². The minimum absolute atomic E-state index is 0.0632. The lowest BCUT2D eigenvalue weighted by Crippen LogP contribution is -2.42. The van der Waals surface area contributed by atoms with Crippen LogP contribution in [-0.2, 0) is 20.7 Å². The van der Waals surface area contributed by atoms with Crippen molar-refractivity contribution in [1.82, 2.24) is 5.32 Å². The molecule has 6 heteroatoms. The zero-order chi connectivity index (χ0) is 18.1. The van der Waals surface area contributed by atoms with Crippen molar-refractivity contribution in [2.24, 2.45) is 5.92 Å². The van der Waals surface area contributed by atoms with Gasteiger partial charge in [0.1, 0.15) is 17.7 Å². The van der Waals surface area contributed by atoms with Gasteiger partial charge in [-0.05, 0) is 36.1 Å². The molecule has 2 atom stereocenters. The van der Waals surface area contributed by atoms with Crippen molar-refractivity contribution < 1.29 is 23.1 Å². The van der Waals surface area contributed by atoms with Crippen LogP contribution in [0.15, 0.2) is 30.4 Å². The van der Waals surface area contributed by atoms with Crippen molar-refractivity contribution in [3.8, 4) is 0 Å². The molecule has 132 valence electrons. The summed E-state index contributed by atoms with van der Waals surface area (Å²) in [5, 5.41) is 2.50. The van der Waals surface area contributed by atoms with Gasteiger partial charge in [0.15, 0.2) is 0 Å². The normalized spacial score (nSPS) is 13.5. The molecule has 0 aromatic heterocycles. The first-order valence-electron chi connectivity index (χ1n) is 7.85. The SMILES string of the molecule is CCC(C)C/C=C/C(=O)N[C@@H](Cc1cc(F)cc(F)c1)C(=O)OC. The number of halogens is 2. The van der Waals surface area contributed by atoms with E-state index >= 15 is 0 Å². The lowest BCUT2D eigenvalue weighted by molar-refractivity contribution is -0.144. The zero-order valence-electron chi connectivity index (χ0n) is 14.1. The van der Waals surface area contributed by atoms with Gasteiger partial charge >= 0.3 is 5.97 Å². The Labute approximate surface area is 140 Å². The van der Waals surface area contributed by atoms with Gasteiger partial charge in [-0.2, -0.15) is 0 Å². The molecule has 24 heavy (non-hydrogen) atoms. The molecule has 0 saturated carbocycles. The minimum atomic E-state index is -1.02. The van der Waals surface area contributed by atoms with Gasteiger partial charge in [0.2, 0.25) is 5.91 Å². The summed E-state index contributed by atoms with van der Waals surface area (Å²) in [5.41, 5.74) is 0.256. The Morgan fingerprint density at radius 1 is 1.25 bits per heavy atom. The van der Waals surface area contributed by atoms with E-state index in [9.17, 15) is 18.4 Å². The number of methoxy groups -OCH3 is 1. The lowest BCUT2D eigenvalue weighted by atomic mass is 10.0. The van der Waals surface area contributed by atoms with Gasteiger partial charge in [-0.15, -0.1) is 0 Å². The Morgan fingerprint density at radius 3 is 2.42 bits per heavy atom. The Bertz CT molecular complexity index is 582. The first-order valence-corrected chi connectivity index (χ1v) is 7.85. The number of esters is 1. The van der Waals surface area contributed by atoms with E-state index in [0.29, 0.717) is 5.92 Å². The summed E-state index contributed by atoms with van der Waals surface area (Å²) in [6.07, 6.45) is 4.78. The van der Waals surface area contributed by atoms with Crippen LogP contribution in [-0.4, -0.2) is 25.0 Å². The van der Waals surface area contributed by atoms with Gasteiger partial charge in [-0.25, -0.2) is 13.6 Å². The van der Waals surface area contributed by atoms with E-state index in [4.69, 9.17) is 0 Å². The largest absolute Gasteiger partial charge is 0.467 e. The smallest absolute Gasteiger partial charge is 0.328 e. The van der Waals surface area contributed by atoms with Gasteiger partial charge in [0.25, 0.3) is 0 Å². The maximum atomic E-state index is 13.2. The highest BCUT2D eigenvalue weighted by Gasteiger charge is 2.21. The number of carbonyl (C=O) groups excluding carboxylic acids is 2. The fourth-order valence-electron chi connectivity index (χ4n) is 2.09. The van der Waals surface area contributed by atoms with Crippen molar-refractivity contribution in [1.29, 1.82) is 0 Å². The standard InChI is InChI=1S/C18H23F2NO3/c1-4-12(2)6-5-7-17(22)21-16(18(23)24-3)10-13-8-14(19)11-15(20)9-13/h5,7-9,11-12,16H,4,6,10H2,1-3H3,(H,21,22)/b7-5+/t12?,16-/m0/s1. The van der Waals surface area contributed by atoms with E-state index in [1.54, 1.807) is 6.08 Å². The second-order valence-corrected chi connectivity index (χ2v) is 5.72. The Kier molecular flexibility index (Phi) is 8.09. The third kappa shape index (κ3) is 6.89. The highest BCUT2D eigenvalue weighted by Crippen LogP contribution is 2.11. The molecule has 0 radical (unpaired) electrons. The number of amides is 1. The van der Waals surface area contributed by atoms with Crippen LogP contribution in [0, 0.1) is 17.6 Å². The second kappa shape index (κ2) is 9.80. The third-order valence-electron chi connectivity index (χ3n) is 3.67. The maximum Gasteiger partial charge on any atom is 0.328 e. The van der Waals surface area contributed by atoms with Crippen LogP contribution in [0.5, 0.6) is 0 Å². The Balaban J connectivity index is 2.75. The molecule has 0 aliphatic heterocycles. The molecule has 0 fully saturated rings. The van der Waals surface area contributed by atoms with E-state index in [1.807, 2.05) is 0 Å². The number of benzene rings is 1. The van der Waals surface area contributed by atoms with Gasteiger partial charge in [0.05, 0.1) is 7.11 Å². The second-order valence-electron chi connectivity index (χ2n) is 5.72. The number of allylic oxidation sites excluding steroid dienone is 1. The molecule has 0 aliphatic rings. The number of hydrogen-bond donors (Lipinski definition) is 1. The maximum absolute atomic E-state index is 13.2. The summed E-state index contributed by atoms with van der Waals surface area (Å²) in [7, 11) is 1.19. The number of carbonyl (C=O) groups is 2. The highest BCUT2D eigenvalue weighted by molar-refractivity contribution is 5.91. The van der Waals surface area contributed by atoms with E-state index in [1.165, 1.54) is 13.2 Å². The summed E-state index contributed by atoms with van der Waals surface area (Å²) in [4.78, 5) is 23.7. The summed E-state index contributed by atoms with van der Waals surface area (Å²) in [5.74, 6) is -2.16. The molecule has 1 unspecified atom stereocenters. The summed E-state index contributed by atoms with van der Waals surface area (Å²) < 4.78 is 31.1. The van der Waals surface area contributed by atoms with Crippen molar-refractivity contribution in [2.45, 2.75) is 39.2 Å². The highest BCUT2D eigenvalue weighted by atomic mass is 19.1. The number of ether oxygens (including phenoxy) is 1. The Morgan fingerprint density at radius 2 is 1.88 bits per heavy atom. The third-order valence-corrected chi connectivity index (χ3v) is 3.67. The summed E-state index contributed by atoms with van der Waals surface area (Å²) in [6, 6.07) is 1.96. The Hall–Kier alpha value is -2.24. The average Bonchev–Trinajstić information content (AvgIpc) is 2.52. The molecule has 0 heterocycles. The zero-order valence-corrected chi connectivity index (χ0v) is 14.1. The molecule has 0 bridgehead atoms. The fraction of sp³-hybridized carbons (Fsp3) is 0.444. The van der Waals surface area contributed by atoms with E-state index in [2.05, 4.69) is 23.9 Å². The van der Waals surface area contributed by atoms with Crippen molar-refractivity contribution in [3.63, 3.8) is 0 Å². The van der Waals surface area contributed by atoms with Gasteiger partial charge in [0, 0.05) is 12.5 Å².